The lowest BCUT2D eigenvalue weighted by molar-refractivity contribution is -0.118. The number of nitrogens with one attached hydrogen (secondary N) is 1. The summed E-state index contributed by atoms with van der Waals surface area (Å²) in [4.78, 5) is 10.6. The van der Waals surface area contributed by atoms with Crippen molar-refractivity contribution in [2.75, 3.05) is 0 Å². The quantitative estimate of drug-likeness (QED) is 0.555. The first-order chi connectivity index (χ1) is 6.74. The molecule has 0 fully saturated rings. The molecule has 0 bridgehead atoms. The Morgan fingerprint density at radius 1 is 1.43 bits per heavy atom. The second-order valence-corrected chi connectivity index (χ2v) is 2.61. The molecule has 1 rings (SSSR count). The highest BCUT2D eigenvalue weighted by Gasteiger charge is 2.00. The van der Waals surface area contributed by atoms with Gasteiger partial charge in [0.2, 0.25) is 5.91 Å². The van der Waals surface area contributed by atoms with Gasteiger partial charge < -0.3 is 0 Å². The van der Waals surface area contributed by atoms with Crippen molar-refractivity contribution in [2.24, 2.45) is 5.10 Å². The number of hydrogen-bond donors (Lipinski definition) is 1. The van der Waals surface area contributed by atoms with Gasteiger partial charge in [0.05, 0.1) is 0 Å². The number of benzene rings is 1. The first-order valence-electron chi connectivity index (χ1n) is 4.04. The van der Waals surface area contributed by atoms with Crippen LogP contribution in [-0.4, -0.2) is 11.6 Å². The van der Waals surface area contributed by atoms with Crippen LogP contribution in [0.2, 0.25) is 0 Å². The summed E-state index contributed by atoms with van der Waals surface area (Å²) in [6.45, 7) is 1.34. The molecule has 0 aliphatic heterocycles. The molecule has 70 valence electrons. The summed E-state index contributed by atoms with van der Waals surface area (Å²) in [7, 11) is 0. The Hall–Kier alpha value is -2.15. The number of amides is 1. The molecule has 4 nitrogen and oxygen atoms in total. The van der Waals surface area contributed by atoms with Crippen LogP contribution >= 0.6 is 0 Å². The highest BCUT2D eigenvalue weighted by molar-refractivity contribution is 6.11. The van der Waals surface area contributed by atoms with E-state index in [9.17, 15) is 4.79 Å². The molecule has 1 amide bonds. The van der Waals surface area contributed by atoms with E-state index in [-0.39, 0.29) is 11.6 Å². The fourth-order valence-corrected chi connectivity index (χ4v) is 0.885. The lowest BCUT2D eigenvalue weighted by Crippen LogP contribution is -2.15. The number of nitrogens with zero attached hydrogens (tertiary/aromatic N) is 2. The van der Waals surface area contributed by atoms with Crippen molar-refractivity contribution in [3.05, 3.63) is 35.9 Å². The molecule has 0 aliphatic rings. The summed E-state index contributed by atoms with van der Waals surface area (Å²) in [6.07, 6.45) is 0. The van der Waals surface area contributed by atoms with Crippen LogP contribution in [0.4, 0.5) is 0 Å². The maximum atomic E-state index is 10.6. The van der Waals surface area contributed by atoms with Gasteiger partial charge >= 0.3 is 0 Å². The van der Waals surface area contributed by atoms with E-state index in [0.717, 1.165) is 0 Å². The lowest BCUT2D eigenvalue weighted by atomic mass is 10.1. The molecule has 0 spiro atoms. The molecule has 1 aromatic carbocycles. The van der Waals surface area contributed by atoms with E-state index in [0.29, 0.717) is 5.56 Å². The number of nitriles is 1. The molecule has 1 aromatic rings. The zero-order valence-corrected chi connectivity index (χ0v) is 7.69. The molecule has 0 heterocycles. The minimum Gasteiger partial charge on any atom is -0.274 e. The molecule has 0 aliphatic carbocycles. The average Bonchev–Trinajstić information content (AvgIpc) is 2.20. The van der Waals surface area contributed by atoms with E-state index in [1.165, 1.54) is 6.92 Å². The molecular formula is C10H9N3O. The molecular weight excluding hydrogens is 178 g/mol. The Balaban J connectivity index is 2.89. The molecule has 0 unspecified atom stereocenters. The van der Waals surface area contributed by atoms with Crippen molar-refractivity contribution >= 4 is 11.6 Å². The van der Waals surface area contributed by atoms with E-state index >= 15 is 0 Å². The standard InChI is InChI=1S/C10H9N3O/c1-8(14)12-13-10(7-11)9-5-3-2-4-6-9/h2-6H,1H3,(H,12,14)/b13-10+. The molecule has 0 aromatic heterocycles. The second-order valence-electron chi connectivity index (χ2n) is 2.61. The number of carbonyl (C=O) groups is 1. The van der Waals surface area contributed by atoms with Crippen LogP contribution < -0.4 is 5.43 Å². The molecule has 1 N–H and O–H groups in total. The Kier molecular flexibility index (Phi) is 3.39. The van der Waals surface area contributed by atoms with E-state index in [4.69, 9.17) is 5.26 Å². The van der Waals surface area contributed by atoms with E-state index < -0.39 is 0 Å². The number of hydrazone groups is 1. The Morgan fingerprint density at radius 3 is 2.57 bits per heavy atom. The Morgan fingerprint density at radius 2 is 2.07 bits per heavy atom. The first kappa shape index (κ1) is 9.93. The largest absolute Gasteiger partial charge is 0.274 e. The molecule has 0 saturated carbocycles. The molecule has 14 heavy (non-hydrogen) atoms. The van der Waals surface area contributed by atoms with Crippen molar-refractivity contribution < 1.29 is 4.79 Å². The van der Waals surface area contributed by atoms with Gasteiger partial charge in [-0.1, -0.05) is 30.3 Å². The number of carbonyl (C=O) groups excluding carboxylic acids is 1. The summed E-state index contributed by atoms with van der Waals surface area (Å²) in [5, 5.41) is 12.4. The lowest BCUT2D eigenvalue weighted by Gasteiger charge is -1.97. The average molecular weight is 187 g/mol. The van der Waals surface area contributed by atoms with Crippen LogP contribution in [0.1, 0.15) is 12.5 Å². The summed E-state index contributed by atoms with van der Waals surface area (Å²) in [5.41, 5.74) is 3.10. The summed E-state index contributed by atoms with van der Waals surface area (Å²) >= 11 is 0. The fourth-order valence-electron chi connectivity index (χ4n) is 0.885. The van der Waals surface area contributed by atoms with Crippen molar-refractivity contribution in [1.29, 1.82) is 5.26 Å². The van der Waals surface area contributed by atoms with Crippen LogP contribution in [-0.2, 0) is 4.79 Å². The van der Waals surface area contributed by atoms with Crippen molar-refractivity contribution in [3.8, 4) is 6.07 Å². The van der Waals surface area contributed by atoms with E-state index in [1.54, 1.807) is 24.3 Å². The first-order valence-corrected chi connectivity index (χ1v) is 4.04. The molecule has 0 radical (unpaired) electrons. The Labute approximate surface area is 81.9 Å². The SMILES string of the molecule is CC(=O)N/N=C(\C#N)c1ccccc1. The zero-order valence-electron chi connectivity index (χ0n) is 7.69. The topological polar surface area (TPSA) is 65.2 Å². The maximum absolute atomic E-state index is 10.6. The van der Waals surface area contributed by atoms with Crippen molar-refractivity contribution in [3.63, 3.8) is 0 Å². The van der Waals surface area contributed by atoms with Crippen molar-refractivity contribution in [1.82, 2.24) is 5.43 Å². The van der Waals surface area contributed by atoms with E-state index in [1.807, 2.05) is 12.1 Å². The minimum absolute atomic E-state index is 0.195. The van der Waals surface area contributed by atoms with Crippen LogP contribution in [0.15, 0.2) is 35.4 Å². The third kappa shape index (κ3) is 2.72. The van der Waals surface area contributed by atoms with Gasteiger partial charge in [-0.2, -0.15) is 10.4 Å². The smallest absolute Gasteiger partial charge is 0.236 e. The maximum Gasteiger partial charge on any atom is 0.236 e. The normalized spacial score (nSPS) is 10.4. The van der Waals surface area contributed by atoms with Gasteiger partial charge in [0.25, 0.3) is 0 Å². The summed E-state index contributed by atoms with van der Waals surface area (Å²) in [5.74, 6) is -0.298. The minimum atomic E-state index is -0.298. The third-order valence-electron chi connectivity index (χ3n) is 1.48. The van der Waals surface area contributed by atoms with Crippen molar-refractivity contribution in [2.45, 2.75) is 6.92 Å². The van der Waals surface area contributed by atoms with Gasteiger partial charge in [-0.25, -0.2) is 5.43 Å². The van der Waals surface area contributed by atoms with Crippen LogP contribution in [0.5, 0.6) is 0 Å². The predicted octanol–water partition coefficient (Wildman–Crippen LogP) is 1.05. The Bertz CT molecular complexity index is 390. The van der Waals surface area contributed by atoms with Gasteiger partial charge in [0, 0.05) is 12.5 Å². The monoisotopic (exact) mass is 187 g/mol. The highest BCUT2D eigenvalue weighted by atomic mass is 16.2. The van der Waals surface area contributed by atoms with Gasteiger partial charge in [0.15, 0.2) is 5.71 Å². The van der Waals surface area contributed by atoms with Crippen LogP contribution in [0.3, 0.4) is 0 Å². The third-order valence-corrected chi connectivity index (χ3v) is 1.48. The molecule has 0 atom stereocenters. The predicted molar refractivity (Wildman–Crippen MR) is 52.4 cm³/mol. The van der Waals surface area contributed by atoms with Crippen LogP contribution in [0.25, 0.3) is 0 Å². The van der Waals surface area contributed by atoms with Gasteiger partial charge in [0.1, 0.15) is 6.07 Å². The molecule has 4 heteroatoms. The molecule has 0 saturated heterocycles. The fraction of sp³-hybridized carbons (Fsp3) is 0.100. The van der Waals surface area contributed by atoms with Gasteiger partial charge in [-0.05, 0) is 0 Å². The second kappa shape index (κ2) is 4.77. The van der Waals surface area contributed by atoms with E-state index in [2.05, 4.69) is 10.5 Å². The summed E-state index contributed by atoms with van der Waals surface area (Å²) < 4.78 is 0. The number of hydrogen-bond acceptors (Lipinski definition) is 3. The highest BCUT2D eigenvalue weighted by Crippen LogP contribution is 1.99. The number of rotatable bonds is 2. The van der Waals surface area contributed by atoms with Crippen LogP contribution in [0, 0.1) is 11.3 Å². The van der Waals surface area contributed by atoms with Gasteiger partial charge in [-0.3, -0.25) is 4.79 Å². The summed E-state index contributed by atoms with van der Waals surface area (Å²) in [6, 6.07) is 10.9. The van der Waals surface area contributed by atoms with Gasteiger partial charge in [-0.15, -0.1) is 0 Å². The zero-order chi connectivity index (χ0) is 10.4.